The third-order valence-electron chi connectivity index (χ3n) is 2.63. The topological polar surface area (TPSA) is 53.5 Å². The summed E-state index contributed by atoms with van der Waals surface area (Å²) in [4.78, 5) is 30.5. The summed E-state index contributed by atoms with van der Waals surface area (Å²) in [5, 5.41) is 2.32. The second kappa shape index (κ2) is 4.61. The van der Waals surface area contributed by atoms with Crippen LogP contribution in [-0.4, -0.2) is 52.8 Å². The molecule has 2 rings (SSSR count). The molecule has 1 aromatic rings. The maximum atomic E-state index is 11.9. The van der Waals surface area contributed by atoms with Crippen LogP contribution in [0.25, 0.3) is 0 Å². The van der Waals surface area contributed by atoms with Crippen molar-refractivity contribution < 1.29 is 9.59 Å². The zero-order valence-corrected chi connectivity index (χ0v) is 9.87. The molecule has 6 heteroatoms. The normalized spacial score (nSPS) is 16.3. The van der Waals surface area contributed by atoms with Crippen LogP contribution in [0.4, 0.5) is 0 Å². The minimum Gasteiger partial charge on any atom is -0.339 e. The van der Waals surface area contributed by atoms with Gasteiger partial charge >= 0.3 is 0 Å². The second-order valence-corrected chi connectivity index (χ2v) is 4.53. The molecule has 5 nitrogen and oxygen atoms in total. The fraction of sp³-hybridized carbons (Fsp3) is 0.500. The van der Waals surface area contributed by atoms with E-state index in [4.69, 9.17) is 0 Å². The SMILES string of the molecule is CC(=O)N1CCN(C(=O)c2nccs2)CC1. The van der Waals surface area contributed by atoms with E-state index in [1.165, 1.54) is 11.3 Å². The molecule has 16 heavy (non-hydrogen) atoms. The van der Waals surface area contributed by atoms with Crippen LogP contribution in [0.15, 0.2) is 11.6 Å². The molecule has 0 saturated carbocycles. The summed E-state index contributed by atoms with van der Waals surface area (Å²) in [5.74, 6) is 0.0412. The molecular weight excluding hydrogens is 226 g/mol. The van der Waals surface area contributed by atoms with E-state index in [-0.39, 0.29) is 11.8 Å². The van der Waals surface area contributed by atoms with Crippen molar-refractivity contribution in [2.75, 3.05) is 26.2 Å². The summed E-state index contributed by atoms with van der Waals surface area (Å²) in [6.45, 7) is 3.98. The van der Waals surface area contributed by atoms with Gasteiger partial charge in [-0.15, -0.1) is 11.3 Å². The number of thiazole rings is 1. The molecule has 0 unspecified atom stereocenters. The van der Waals surface area contributed by atoms with E-state index in [0.717, 1.165) is 0 Å². The Hall–Kier alpha value is -1.43. The average Bonchev–Trinajstić information content (AvgIpc) is 2.81. The predicted octanol–water partition coefficient (Wildman–Crippen LogP) is 0.447. The Bertz CT molecular complexity index is 383. The number of nitrogens with zero attached hydrogens (tertiary/aromatic N) is 3. The van der Waals surface area contributed by atoms with E-state index in [1.54, 1.807) is 28.3 Å². The minimum atomic E-state index is -0.0294. The molecule has 0 N–H and O–H groups in total. The monoisotopic (exact) mass is 239 g/mol. The van der Waals surface area contributed by atoms with Crippen LogP contribution in [0.1, 0.15) is 16.7 Å². The lowest BCUT2D eigenvalue weighted by molar-refractivity contribution is -0.130. The molecule has 86 valence electrons. The van der Waals surface area contributed by atoms with Crippen molar-refractivity contribution in [2.24, 2.45) is 0 Å². The number of hydrogen-bond donors (Lipinski definition) is 0. The predicted molar refractivity (Wildman–Crippen MR) is 60.3 cm³/mol. The number of aromatic nitrogens is 1. The quantitative estimate of drug-likeness (QED) is 0.715. The molecule has 2 amide bonds. The molecule has 1 aromatic heterocycles. The van der Waals surface area contributed by atoms with Gasteiger partial charge in [0.15, 0.2) is 5.01 Å². The fourth-order valence-corrected chi connectivity index (χ4v) is 2.29. The van der Waals surface area contributed by atoms with E-state index >= 15 is 0 Å². The van der Waals surface area contributed by atoms with Crippen molar-refractivity contribution in [1.29, 1.82) is 0 Å². The van der Waals surface area contributed by atoms with Gasteiger partial charge < -0.3 is 9.80 Å². The average molecular weight is 239 g/mol. The number of carbonyl (C=O) groups is 2. The highest BCUT2D eigenvalue weighted by Crippen LogP contribution is 2.10. The molecule has 1 saturated heterocycles. The van der Waals surface area contributed by atoms with Crippen LogP contribution >= 0.6 is 11.3 Å². The summed E-state index contributed by atoms with van der Waals surface area (Å²) in [5.41, 5.74) is 0. The van der Waals surface area contributed by atoms with Crippen molar-refractivity contribution in [2.45, 2.75) is 6.92 Å². The molecule has 2 heterocycles. The summed E-state index contributed by atoms with van der Waals surface area (Å²) in [6.07, 6.45) is 1.63. The third kappa shape index (κ3) is 2.21. The first-order chi connectivity index (χ1) is 7.68. The maximum Gasteiger partial charge on any atom is 0.282 e. The zero-order chi connectivity index (χ0) is 11.5. The highest BCUT2D eigenvalue weighted by molar-refractivity contribution is 7.11. The summed E-state index contributed by atoms with van der Waals surface area (Å²) in [7, 11) is 0. The molecule has 0 aliphatic carbocycles. The fourth-order valence-electron chi connectivity index (χ4n) is 1.69. The van der Waals surface area contributed by atoms with Crippen molar-refractivity contribution >= 4 is 23.2 Å². The lowest BCUT2D eigenvalue weighted by Crippen LogP contribution is -2.50. The van der Waals surface area contributed by atoms with E-state index in [2.05, 4.69) is 4.98 Å². The molecule has 1 aliphatic heterocycles. The standard InChI is InChI=1S/C10H13N3O2S/c1-8(14)12-3-5-13(6-4-12)10(15)9-11-2-7-16-9/h2,7H,3-6H2,1H3. The van der Waals surface area contributed by atoms with Crippen LogP contribution < -0.4 is 0 Å². The maximum absolute atomic E-state index is 11.9. The van der Waals surface area contributed by atoms with E-state index in [1.807, 2.05) is 0 Å². The van der Waals surface area contributed by atoms with Gasteiger partial charge in [0.05, 0.1) is 0 Å². The van der Waals surface area contributed by atoms with E-state index < -0.39 is 0 Å². The van der Waals surface area contributed by atoms with Crippen molar-refractivity contribution in [1.82, 2.24) is 14.8 Å². The minimum absolute atomic E-state index is 0.0294. The molecule has 0 aromatic carbocycles. The Balaban J connectivity index is 1.94. The van der Waals surface area contributed by atoms with Gasteiger partial charge in [-0.05, 0) is 0 Å². The van der Waals surface area contributed by atoms with Gasteiger partial charge in [0.2, 0.25) is 5.91 Å². The van der Waals surface area contributed by atoms with Crippen LogP contribution in [0, 0.1) is 0 Å². The molecule has 1 fully saturated rings. The van der Waals surface area contributed by atoms with Gasteiger partial charge in [-0.2, -0.15) is 0 Å². The van der Waals surface area contributed by atoms with Crippen LogP contribution in [-0.2, 0) is 4.79 Å². The van der Waals surface area contributed by atoms with Gasteiger partial charge in [-0.3, -0.25) is 9.59 Å². The van der Waals surface area contributed by atoms with Crippen molar-refractivity contribution in [3.05, 3.63) is 16.6 Å². The number of rotatable bonds is 1. The van der Waals surface area contributed by atoms with Crippen LogP contribution in [0.3, 0.4) is 0 Å². The first kappa shape index (κ1) is 11.1. The highest BCUT2D eigenvalue weighted by atomic mass is 32.1. The zero-order valence-electron chi connectivity index (χ0n) is 9.05. The summed E-state index contributed by atoms with van der Waals surface area (Å²) >= 11 is 1.35. The van der Waals surface area contributed by atoms with Gasteiger partial charge in [-0.1, -0.05) is 0 Å². The number of amides is 2. The molecule has 0 bridgehead atoms. The molecule has 1 aliphatic rings. The Kier molecular flexibility index (Phi) is 3.19. The number of carbonyl (C=O) groups excluding carboxylic acids is 2. The van der Waals surface area contributed by atoms with Crippen molar-refractivity contribution in [3.8, 4) is 0 Å². The van der Waals surface area contributed by atoms with Gasteiger partial charge in [0, 0.05) is 44.7 Å². The van der Waals surface area contributed by atoms with E-state index in [0.29, 0.717) is 31.2 Å². The lowest BCUT2D eigenvalue weighted by Gasteiger charge is -2.33. The Morgan fingerprint density at radius 2 is 1.88 bits per heavy atom. The van der Waals surface area contributed by atoms with E-state index in [9.17, 15) is 9.59 Å². The molecule has 0 atom stereocenters. The van der Waals surface area contributed by atoms with Gasteiger partial charge in [0.1, 0.15) is 0 Å². The Morgan fingerprint density at radius 3 is 2.38 bits per heavy atom. The number of piperazine rings is 1. The lowest BCUT2D eigenvalue weighted by atomic mass is 10.3. The smallest absolute Gasteiger partial charge is 0.282 e. The molecule has 0 spiro atoms. The third-order valence-corrected chi connectivity index (χ3v) is 3.39. The Labute approximate surface area is 97.7 Å². The highest BCUT2D eigenvalue weighted by Gasteiger charge is 2.24. The summed E-state index contributed by atoms with van der Waals surface area (Å²) < 4.78 is 0. The van der Waals surface area contributed by atoms with Crippen LogP contribution in [0.5, 0.6) is 0 Å². The summed E-state index contributed by atoms with van der Waals surface area (Å²) in [6, 6.07) is 0. The largest absolute Gasteiger partial charge is 0.339 e. The molecular formula is C10H13N3O2S. The Morgan fingerprint density at radius 1 is 1.25 bits per heavy atom. The van der Waals surface area contributed by atoms with Crippen LogP contribution in [0.2, 0.25) is 0 Å². The van der Waals surface area contributed by atoms with Crippen molar-refractivity contribution in [3.63, 3.8) is 0 Å². The first-order valence-corrected chi connectivity index (χ1v) is 6.00. The molecule has 0 radical (unpaired) electrons. The van der Waals surface area contributed by atoms with Gasteiger partial charge in [-0.25, -0.2) is 4.98 Å². The van der Waals surface area contributed by atoms with Gasteiger partial charge in [0.25, 0.3) is 5.91 Å². The first-order valence-electron chi connectivity index (χ1n) is 5.13. The number of hydrogen-bond acceptors (Lipinski definition) is 4. The second-order valence-electron chi connectivity index (χ2n) is 3.64.